The lowest BCUT2D eigenvalue weighted by Gasteiger charge is -2.22. The number of ether oxygens (including phenoxy) is 2. The molecule has 2 aromatic heterocycles. The molecule has 0 unspecified atom stereocenters. The van der Waals surface area contributed by atoms with Gasteiger partial charge < -0.3 is 29.5 Å². The van der Waals surface area contributed by atoms with Crippen LogP contribution < -0.4 is 5.49 Å². The molecule has 182 valence electrons. The van der Waals surface area contributed by atoms with E-state index in [1.807, 2.05) is 0 Å². The lowest BCUT2D eigenvalue weighted by molar-refractivity contribution is -0.211. The van der Waals surface area contributed by atoms with Crippen LogP contribution >= 0.6 is 11.6 Å². The predicted molar refractivity (Wildman–Crippen MR) is 107 cm³/mol. The highest BCUT2D eigenvalue weighted by atomic mass is 35.5. The molecule has 4 rings (SSSR count). The van der Waals surface area contributed by atoms with Gasteiger partial charge >= 0.3 is 12.1 Å². The van der Waals surface area contributed by atoms with E-state index in [4.69, 9.17) is 21.2 Å². The average Bonchev–Trinajstić information content (AvgIpc) is 3.35. The van der Waals surface area contributed by atoms with E-state index in [2.05, 4.69) is 24.8 Å². The van der Waals surface area contributed by atoms with Gasteiger partial charge in [0.1, 0.15) is 31.1 Å². The van der Waals surface area contributed by atoms with Gasteiger partial charge in [-0.15, -0.1) is 0 Å². The van der Waals surface area contributed by atoms with Crippen LogP contribution in [0.25, 0.3) is 11.2 Å². The zero-order valence-electron chi connectivity index (χ0n) is 17.2. The number of fused-ring (bicyclic) bond motifs is 1. The Morgan fingerprint density at radius 1 is 1.32 bits per heavy atom. The first-order chi connectivity index (χ1) is 16.1. The largest absolute Gasteiger partial charge is 0.490 e. The number of aromatic nitrogens is 4. The topological polar surface area (TPSA) is 144 Å². The lowest BCUT2D eigenvalue weighted by Crippen LogP contribution is -2.40. The number of carbonyl (C=O) groups excluding carboxylic acids is 1. The summed E-state index contributed by atoms with van der Waals surface area (Å²) in [6, 6.07) is 5.87. The zero-order chi connectivity index (χ0) is 24.6. The third kappa shape index (κ3) is 4.44. The number of benzene rings is 1. The monoisotopic (exact) mass is 503 g/mol. The molecule has 0 aliphatic carbocycles. The van der Waals surface area contributed by atoms with E-state index in [0.29, 0.717) is 5.02 Å². The van der Waals surface area contributed by atoms with Gasteiger partial charge in [0.05, 0.1) is 12.7 Å². The summed E-state index contributed by atoms with van der Waals surface area (Å²) in [5.74, 6) is -2.53. The van der Waals surface area contributed by atoms with Crippen molar-refractivity contribution in [1.82, 2.24) is 19.5 Å². The van der Waals surface area contributed by atoms with Gasteiger partial charge in [0, 0.05) is 5.02 Å². The molecule has 3 heterocycles. The molecule has 11 nitrogen and oxygen atoms in total. The molecule has 3 aromatic rings. The van der Waals surface area contributed by atoms with Crippen LogP contribution in [-0.2, 0) is 19.1 Å². The van der Waals surface area contributed by atoms with E-state index in [1.54, 1.807) is 0 Å². The third-order valence-electron chi connectivity index (χ3n) is 5.09. The SMILES string of the molecule is CON=c1nc[nH]c2c1ncn2[C@@H]1O[C@H]([C@H](O)c2ccc(Cl)cc2)[C@H](O)[C@H]1OC(=O)C(F)(F)F. The lowest BCUT2D eigenvalue weighted by atomic mass is 9.99. The molecule has 3 N–H and O–H groups in total. The number of aliphatic hydroxyl groups is 2. The molecule has 5 atom stereocenters. The van der Waals surface area contributed by atoms with E-state index in [1.165, 1.54) is 48.6 Å². The van der Waals surface area contributed by atoms with Gasteiger partial charge in [-0.3, -0.25) is 4.57 Å². The molecule has 0 radical (unpaired) electrons. The van der Waals surface area contributed by atoms with Gasteiger partial charge in [-0.2, -0.15) is 13.2 Å². The van der Waals surface area contributed by atoms with Crippen molar-refractivity contribution < 1.29 is 42.5 Å². The molecular weight excluding hydrogens is 487 g/mol. The van der Waals surface area contributed by atoms with E-state index in [0.717, 1.165) is 0 Å². The van der Waals surface area contributed by atoms with E-state index >= 15 is 0 Å². The number of halogens is 4. The van der Waals surface area contributed by atoms with E-state index < -0.39 is 42.8 Å². The number of carbonyl (C=O) groups is 1. The van der Waals surface area contributed by atoms with Crippen LogP contribution in [-0.4, -0.2) is 67.3 Å². The standard InChI is InChI=1S/C19H17ClF3N5O6/c1-32-27-15-10-16(25-6-24-15)28(7-26-10)17-14(34-18(31)19(21,22)23)12(30)13(33-17)11(29)8-2-4-9(20)5-3-8/h2-7,11-14,17,29-30H,1H3,(H,24,25,27)/t11-,12+,13-,14-,17-/m1/s1. The molecule has 0 amide bonds. The van der Waals surface area contributed by atoms with Crippen molar-refractivity contribution in [3.8, 4) is 0 Å². The number of aromatic amines is 1. The van der Waals surface area contributed by atoms with Crippen molar-refractivity contribution in [2.45, 2.75) is 36.8 Å². The maximum absolute atomic E-state index is 12.9. The van der Waals surface area contributed by atoms with Gasteiger partial charge in [-0.1, -0.05) is 28.9 Å². The fourth-order valence-corrected chi connectivity index (χ4v) is 3.68. The van der Waals surface area contributed by atoms with Crippen molar-refractivity contribution in [1.29, 1.82) is 0 Å². The van der Waals surface area contributed by atoms with Crippen molar-refractivity contribution in [3.05, 3.63) is 53.0 Å². The minimum atomic E-state index is -5.32. The molecule has 1 saturated heterocycles. The first kappa shape index (κ1) is 23.9. The maximum Gasteiger partial charge on any atom is 0.490 e. The summed E-state index contributed by atoms with van der Waals surface area (Å²) >= 11 is 5.85. The normalized spacial score (nSPS) is 24.4. The third-order valence-corrected chi connectivity index (χ3v) is 5.35. The molecule has 1 aromatic carbocycles. The Labute approximate surface area is 193 Å². The predicted octanol–water partition coefficient (Wildman–Crippen LogP) is 1.34. The van der Waals surface area contributed by atoms with Crippen LogP contribution in [0.5, 0.6) is 0 Å². The van der Waals surface area contributed by atoms with Crippen molar-refractivity contribution >= 4 is 28.7 Å². The Bertz CT molecular complexity index is 1250. The molecule has 34 heavy (non-hydrogen) atoms. The van der Waals surface area contributed by atoms with Crippen LogP contribution in [0.3, 0.4) is 0 Å². The summed E-state index contributed by atoms with van der Waals surface area (Å²) in [5, 5.41) is 25.6. The number of esters is 1. The summed E-state index contributed by atoms with van der Waals surface area (Å²) in [6.07, 6.45) is -11.1. The van der Waals surface area contributed by atoms with Crippen molar-refractivity contribution in [2.24, 2.45) is 5.16 Å². The van der Waals surface area contributed by atoms with E-state index in [-0.39, 0.29) is 22.2 Å². The van der Waals surface area contributed by atoms with E-state index in [9.17, 15) is 28.2 Å². The van der Waals surface area contributed by atoms with Gasteiger partial charge in [-0.05, 0) is 17.7 Å². The van der Waals surface area contributed by atoms with Crippen LogP contribution in [0, 0.1) is 0 Å². The minimum Gasteiger partial charge on any atom is -0.448 e. The summed E-state index contributed by atoms with van der Waals surface area (Å²) in [7, 11) is 1.28. The van der Waals surface area contributed by atoms with Crippen molar-refractivity contribution in [3.63, 3.8) is 0 Å². The maximum atomic E-state index is 12.9. The summed E-state index contributed by atoms with van der Waals surface area (Å²) in [4.78, 5) is 27.1. The van der Waals surface area contributed by atoms with Crippen LogP contribution in [0.2, 0.25) is 5.02 Å². The Morgan fingerprint density at radius 2 is 2.03 bits per heavy atom. The fourth-order valence-electron chi connectivity index (χ4n) is 3.56. The average molecular weight is 504 g/mol. The highest BCUT2D eigenvalue weighted by Gasteiger charge is 2.53. The number of nitrogens with one attached hydrogen (secondary N) is 1. The number of imidazole rings is 1. The molecule has 0 saturated carbocycles. The number of nitrogens with zero attached hydrogens (tertiary/aromatic N) is 4. The second kappa shape index (κ2) is 9.21. The molecular formula is C19H17ClF3N5O6. The Kier molecular flexibility index (Phi) is 6.49. The minimum absolute atomic E-state index is 0.0510. The first-order valence-corrected chi connectivity index (χ1v) is 10.0. The Balaban J connectivity index is 1.75. The van der Waals surface area contributed by atoms with Crippen LogP contribution in [0.4, 0.5) is 13.2 Å². The molecule has 15 heteroatoms. The highest BCUT2D eigenvalue weighted by molar-refractivity contribution is 6.30. The second-order valence-electron chi connectivity index (χ2n) is 7.19. The van der Waals surface area contributed by atoms with Crippen LogP contribution in [0.1, 0.15) is 17.9 Å². The quantitative estimate of drug-likeness (QED) is 0.349. The van der Waals surface area contributed by atoms with Gasteiger partial charge in [-0.25, -0.2) is 14.8 Å². The Morgan fingerprint density at radius 3 is 2.68 bits per heavy atom. The van der Waals surface area contributed by atoms with Gasteiger partial charge in [0.25, 0.3) is 0 Å². The fraction of sp³-hybridized carbons (Fsp3) is 0.368. The second-order valence-corrected chi connectivity index (χ2v) is 7.63. The van der Waals surface area contributed by atoms with Crippen LogP contribution in [0.15, 0.2) is 42.1 Å². The number of aliphatic hydroxyl groups excluding tert-OH is 2. The molecule has 1 aliphatic heterocycles. The molecule has 1 aliphatic rings. The zero-order valence-corrected chi connectivity index (χ0v) is 17.9. The number of rotatable bonds is 5. The highest BCUT2D eigenvalue weighted by Crippen LogP contribution is 2.39. The smallest absolute Gasteiger partial charge is 0.448 e. The summed E-state index contributed by atoms with van der Waals surface area (Å²) in [5.41, 5.74) is 0.639. The molecule has 1 fully saturated rings. The summed E-state index contributed by atoms with van der Waals surface area (Å²) in [6.45, 7) is 0. The number of H-pyrrole nitrogens is 1. The number of hydrogen-bond donors (Lipinski definition) is 3. The first-order valence-electron chi connectivity index (χ1n) is 9.64. The van der Waals surface area contributed by atoms with Gasteiger partial charge in [0.2, 0.25) is 5.49 Å². The van der Waals surface area contributed by atoms with Gasteiger partial charge in [0.15, 0.2) is 17.8 Å². The Hall–Kier alpha value is -3.20. The molecule has 0 spiro atoms. The molecule has 0 bridgehead atoms. The number of hydrogen-bond acceptors (Lipinski definition) is 9. The van der Waals surface area contributed by atoms with Crippen molar-refractivity contribution in [2.75, 3.05) is 7.11 Å². The summed E-state index contributed by atoms with van der Waals surface area (Å²) < 4.78 is 50.3. The number of alkyl halides is 3.